The standard InChI is InChI=1S/C24H27ClO5/c1-7-14-8-10-16(29-18-11-9-15(25)12-19(18)28-6)13-17(14)20-21(26)23(2,3)30-24(4,5)22(20)27/h8-13,26H,7H2,1-6H3. The van der Waals surface area contributed by atoms with Gasteiger partial charge < -0.3 is 19.3 Å². The van der Waals surface area contributed by atoms with Crippen LogP contribution in [0.4, 0.5) is 0 Å². The van der Waals surface area contributed by atoms with E-state index in [2.05, 4.69) is 0 Å². The summed E-state index contributed by atoms with van der Waals surface area (Å²) in [5.74, 6) is 1.15. The predicted octanol–water partition coefficient (Wildman–Crippen LogP) is 6.13. The minimum atomic E-state index is -1.06. The summed E-state index contributed by atoms with van der Waals surface area (Å²) in [6.45, 7) is 8.93. The summed E-state index contributed by atoms with van der Waals surface area (Å²) < 4.78 is 17.2. The average Bonchev–Trinajstić information content (AvgIpc) is 2.68. The van der Waals surface area contributed by atoms with Crippen LogP contribution in [0.1, 0.15) is 45.7 Å². The molecule has 3 rings (SSSR count). The first-order valence-electron chi connectivity index (χ1n) is 9.83. The second kappa shape index (κ2) is 7.97. The van der Waals surface area contributed by atoms with Crippen LogP contribution in [0.5, 0.6) is 17.2 Å². The number of hydrogen-bond donors (Lipinski definition) is 1. The molecule has 0 aliphatic carbocycles. The molecule has 160 valence electrons. The molecule has 1 heterocycles. The summed E-state index contributed by atoms with van der Waals surface area (Å²) in [5.41, 5.74) is -0.231. The van der Waals surface area contributed by atoms with Crippen molar-refractivity contribution in [2.45, 2.75) is 52.2 Å². The lowest BCUT2D eigenvalue weighted by atomic mass is 9.81. The maximum absolute atomic E-state index is 13.2. The summed E-state index contributed by atoms with van der Waals surface area (Å²) >= 11 is 6.03. The van der Waals surface area contributed by atoms with Gasteiger partial charge in [-0.3, -0.25) is 4.79 Å². The van der Waals surface area contributed by atoms with Crippen LogP contribution in [-0.2, 0) is 16.0 Å². The summed E-state index contributed by atoms with van der Waals surface area (Å²) in [6, 6.07) is 10.6. The second-order valence-electron chi connectivity index (χ2n) is 8.25. The van der Waals surface area contributed by atoms with Gasteiger partial charge in [-0.05, 0) is 69.5 Å². The Hall–Kier alpha value is -2.50. The van der Waals surface area contributed by atoms with Crippen molar-refractivity contribution in [2.75, 3.05) is 7.11 Å². The maximum Gasteiger partial charge on any atom is 0.198 e. The van der Waals surface area contributed by atoms with Crippen molar-refractivity contribution in [3.63, 3.8) is 0 Å². The summed E-state index contributed by atoms with van der Waals surface area (Å²) in [5, 5.41) is 11.5. The third-order valence-corrected chi connectivity index (χ3v) is 5.41. The second-order valence-corrected chi connectivity index (χ2v) is 8.68. The zero-order chi connectivity index (χ0) is 22.3. The van der Waals surface area contributed by atoms with Gasteiger partial charge in [0, 0.05) is 11.1 Å². The molecule has 30 heavy (non-hydrogen) atoms. The lowest BCUT2D eigenvalue weighted by molar-refractivity contribution is -0.158. The first kappa shape index (κ1) is 22.2. The fourth-order valence-electron chi connectivity index (χ4n) is 3.70. The highest BCUT2D eigenvalue weighted by Gasteiger charge is 2.47. The molecule has 0 unspecified atom stereocenters. The van der Waals surface area contributed by atoms with E-state index in [-0.39, 0.29) is 17.1 Å². The number of hydrogen-bond acceptors (Lipinski definition) is 5. The fraction of sp³-hybridized carbons (Fsp3) is 0.375. The third-order valence-electron chi connectivity index (χ3n) is 5.18. The van der Waals surface area contributed by atoms with E-state index in [0.29, 0.717) is 34.3 Å². The number of aliphatic hydroxyl groups is 1. The van der Waals surface area contributed by atoms with Crippen molar-refractivity contribution in [3.05, 3.63) is 58.3 Å². The fourth-order valence-corrected chi connectivity index (χ4v) is 3.87. The lowest BCUT2D eigenvalue weighted by Gasteiger charge is -2.40. The Morgan fingerprint density at radius 2 is 1.73 bits per heavy atom. The van der Waals surface area contributed by atoms with Gasteiger partial charge in [-0.15, -0.1) is 0 Å². The van der Waals surface area contributed by atoms with Gasteiger partial charge in [0.1, 0.15) is 22.7 Å². The first-order chi connectivity index (χ1) is 14.0. The average molecular weight is 431 g/mol. The molecule has 5 nitrogen and oxygen atoms in total. The van der Waals surface area contributed by atoms with Crippen LogP contribution in [0.15, 0.2) is 42.2 Å². The van der Waals surface area contributed by atoms with Crippen LogP contribution in [0.2, 0.25) is 5.02 Å². The van der Waals surface area contributed by atoms with Crippen molar-refractivity contribution in [1.29, 1.82) is 0 Å². The van der Waals surface area contributed by atoms with Crippen molar-refractivity contribution in [1.82, 2.24) is 0 Å². The van der Waals surface area contributed by atoms with Crippen molar-refractivity contribution in [3.8, 4) is 17.2 Å². The molecule has 1 aliphatic heterocycles. The number of aliphatic hydroxyl groups excluding tert-OH is 1. The number of benzene rings is 2. The highest BCUT2D eigenvalue weighted by Crippen LogP contribution is 2.42. The molecule has 0 bridgehead atoms. The van der Waals surface area contributed by atoms with Gasteiger partial charge in [0.05, 0.1) is 12.7 Å². The molecule has 1 N–H and O–H groups in total. The molecule has 0 atom stereocenters. The Labute approximate surface area is 182 Å². The van der Waals surface area contributed by atoms with Crippen LogP contribution >= 0.6 is 11.6 Å². The Bertz CT molecular complexity index is 1020. The van der Waals surface area contributed by atoms with Gasteiger partial charge in [-0.1, -0.05) is 24.6 Å². The zero-order valence-electron chi connectivity index (χ0n) is 18.1. The maximum atomic E-state index is 13.2. The number of aryl methyl sites for hydroxylation is 1. The third kappa shape index (κ3) is 4.05. The predicted molar refractivity (Wildman–Crippen MR) is 118 cm³/mol. The van der Waals surface area contributed by atoms with Crippen LogP contribution < -0.4 is 9.47 Å². The number of carbonyl (C=O) groups excluding carboxylic acids is 1. The first-order valence-corrected chi connectivity index (χ1v) is 10.2. The Kier molecular flexibility index (Phi) is 5.89. The minimum absolute atomic E-state index is 0.0808. The Balaban J connectivity index is 2.13. The lowest BCUT2D eigenvalue weighted by Crippen LogP contribution is -2.49. The van der Waals surface area contributed by atoms with E-state index in [1.54, 1.807) is 52.0 Å². The van der Waals surface area contributed by atoms with Crippen LogP contribution in [0.3, 0.4) is 0 Å². The van der Waals surface area contributed by atoms with E-state index in [9.17, 15) is 9.90 Å². The summed E-state index contributed by atoms with van der Waals surface area (Å²) in [6.07, 6.45) is 0.686. The van der Waals surface area contributed by atoms with Gasteiger partial charge in [0.25, 0.3) is 0 Å². The molecular formula is C24H27ClO5. The molecule has 0 aromatic heterocycles. The van der Waals surface area contributed by atoms with Crippen LogP contribution in [0, 0.1) is 0 Å². The van der Waals surface area contributed by atoms with E-state index >= 15 is 0 Å². The number of methoxy groups -OCH3 is 1. The van der Waals surface area contributed by atoms with E-state index in [1.807, 2.05) is 19.1 Å². The molecule has 0 fully saturated rings. The van der Waals surface area contributed by atoms with Gasteiger partial charge in [0.15, 0.2) is 17.3 Å². The van der Waals surface area contributed by atoms with E-state index in [4.69, 9.17) is 25.8 Å². The smallest absolute Gasteiger partial charge is 0.198 e. The monoisotopic (exact) mass is 430 g/mol. The van der Waals surface area contributed by atoms with Gasteiger partial charge in [-0.25, -0.2) is 0 Å². The van der Waals surface area contributed by atoms with Crippen LogP contribution in [-0.4, -0.2) is 29.2 Å². The molecule has 0 radical (unpaired) electrons. The quantitative estimate of drug-likeness (QED) is 0.618. The largest absolute Gasteiger partial charge is 0.508 e. The molecule has 0 spiro atoms. The molecular weight excluding hydrogens is 404 g/mol. The highest BCUT2D eigenvalue weighted by atomic mass is 35.5. The number of carbonyl (C=O) groups is 1. The number of rotatable bonds is 5. The summed E-state index contributed by atoms with van der Waals surface area (Å²) in [7, 11) is 1.54. The molecule has 2 aromatic rings. The molecule has 0 saturated carbocycles. The molecule has 1 aliphatic rings. The minimum Gasteiger partial charge on any atom is -0.508 e. The number of ketones is 1. The Morgan fingerprint density at radius 1 is 1.03 bits per heavy atom. The number of Topliss-reactive ketones (excluding diaryl/α,β-unsaturated/α-hetero) is 1. The Morgan fingerprint density at radius 3 is 2.37 bits per heavy atom. The SMILES string of the molecule is CCc1ccc(Oc2ccc(Cl)cc2OC)cc1C1=C(O)C(C)(C)OC(C)(C)C1=O. The molecule has 6 heteroatoms. The number of ether oxygens (including phenoxy) is 3. The normalized spacial score (nSPS) is 17.8. The molecule has 0 amide bonds. The topological polar surface area (TPSA) is 65.0 Å². The molecule has 0 saturated heterocycles. The zero-order valence-corrected chi connectivity index (χ0v) is 18.9. The van der Waals surface area contributed by atoms with Crippen LogP contribution in [0.25, 0.3) is 5.57 Å². The summed E-state index contributed by atoms with van der Waals surface area (Å²) in [4.78, 5) is 13.2. The van der Waals surface area contributed by atoms with Gasteiger partial charge in [0.2, 0.25) is 0 Å². The van der Waals surface area contributed by atoms with Crippen molar-refractivity contribution in [2.24, 2.45) is 0 Å². The molecule has 2 aromatic carbocycles. The van der Waals surface area contributed by atoms with Crippen molar-refractivity contribution < 1.29 is 24.1 Å². The van der Waals surface area contributed by atoms with E-state index in [1.165, 1.54) is 7.11 Å². The van der Waals surface area contributed by atoms with E-state index < -0.39 is 11.2 Å². The van der Waals surface area contributed by atoms with Gasteiger partial charge in [-0.2, -0.15) is 0 Å². The van der Waals surface area contributed by atoms with Gasteiger partial charge >= 0.3 is 0 Å². The van der Waals surface area contributed by atoms with E-state index in [0.717, 1.165) is 5.56 Å². The highest BCUT2D eigenvalue weighted by molar-refractivity contribution is 6.30. The van der Waals surface area contributed by atoms with Crippen molar-refractivity contribution >= 4 is 23.0 Å². The number of halogens is 1.